The summed E-state index contributed by atoms with van der Waals surface area (Å²) in [5.74, 6) is 0.144. The normalized spacial score (nSPS) is 14.8. The number of benzene rings is 2. The lowest BCUT2D eigenvalue weighted by Crippen LogP contribution is -2.29. The van der Waals surface area contributed by atoms with Crippen LogP contribution in [0.25, 0.3) is 0 Å². The van der Waals surface area contributed by atoms with Crippen LogP contribution >= 0.6 is 0 Å². The Bertz CT molecular complexity index is 1170. The van der Waals surface area contributed by atoms with Crippen LogP contribution in [0, 0.1) is 6.92 Å². The van der Waals surface area contributed by atoms with Gasteiger partial charge in [-0.2, -0.15) is 4.31 Å². The van der Waals surface area contributed by atoms with Gasteiger partial charge in [0.1, 0.15) is 12.4 Å². The summed E-state index contributed by atoms with van der Waals surface area (Å²) >= 11 is 0. The van der Waals surface area contributed by atoms with Crippen LogP contribution < -0.4 is 14.8 Å². The standard InChI is InChI=1S/C21H27N3O6S2/c1-16-19(6-5-7-20(16)23-31(2,26)27)21(25)22-12-15-30-17-8-10-18(11-9-17)32(28,29)24-13-3-4-14-24/h5-11,23H,3-4,12-15H2,1-2H3,(H,22,25). The molecule has 2 aromatic carbocycles. The number of carbonyl (C=O) groups excluding carboxylic acids is 1. The topological polar surface area (TPSA) is 122 Å². The second-order valence-corrected chi connectivity index (χ2v) is 11.2. The van der Waals surface area contributed by atoms with Crippen LogP contribution in [-0.4, -0.2) is 59.5 Å². The van der Waals surface area contributed by atoms with E-state index < -0.39 is 20.0 Å². The molecule has 0 saturated carbocycles. The van der Waals surface area contributed by atoms with E-state index in [1.54, 1.807) is 37.3 Å². The van der Waals surface area contributed by atoms with Crippen LogP contribution in [0.2, 0.25) is 0 Å². The Hall–Kier alpha value is -2.63. The molecule has 11 heteroatoms. The van der Waals surface area contributed by atoms with Crippen molar-refractivity contribution < 1.29 is 26.4 Å². The van der Waals surface area contributed by atoms with Crippen LogP contribution in [0.3, 0.4) is 0 Å². The fourth-order valence-electron chi connectivity index (χ4n) is 3.41. The molecule has 0 atom stereocenters. The first-order valence-corrected chi connectivity index (χ1v) is 13.5. The first-order valence-electron chi connectivity index (χ1n) is 10.2. The maximum absolute atomic E-state index is 12.5. The summed E-state index contributed by atoms with van der Waals surface area (Å²) in [6, 6.07) is 11.0. The van der Waals surface area contributed by atoms with Gasteiger partial charge in [-0.05, 0) is 61.7 Å². The lowest BCUT2D eigenvalue weighted by atomic mass is 10.1. The number of carbonyl (C=O) groups is 1. The second kappa shape index (κ2) is 9.88. The van der Waals surface area contributed by atoms with Gasteiger partial charge in [0, 0.05) is 18.7 Å². The van der Waals surface area contributed by atoms with Crippen LogP contribution in [0.5, 0.6) is 5.75 Å². The van der Waals surface area contributed by atoms with E-state index in [0.29, 0.717) is 35.7 Å². The Morgan fingerprint density at radius 1 is 1.03 bits per heavy atom. The lowest BCUT2D eigenvalue weighted by molar-refractivity contribution is 0.0946. The Labute approximate surface area is 188 Å². The molecule has 0 aliphatic carbocycles. The molecule has 0 spiro atoms. The number of hydrogen-bond donors (Lipinski definition) is 2. The molecule has 0 radical (unpaired) electrons. The van der Waals surface area contributed by atoms with E-state index in [0.717, 1.165) is 19.1 Å². The van der Waals surface area contributed by atoms with Crippen molar-refractivity contribution in [3.8, 4) is 5.75 Å². The van der Waals surface area contributed by atoms with Crippen molar-refractivity contribution >= 4 is 31.6 Å². The number of nitrogens with zero attached hydrogens (tertiary/aromatic N) is 1. The van der Waals surface area contributed by atoms with Gasteiger partial charge in [0.15, 0.2) is 0 Å². The summed E-state index contributed by atoms with van der Waals surface area (Å²) in [4.78, 5) is 12.7. The minimum Gasteiger partial charge on any atom is -0.492 e. The quantitative estimate of drug-likeness (QED) is 0.528. The molecule has 9 nitrogen and oxygen atoms in total. The Morgan fingerprint density at radius 2 is 1.69 bits per heavy atom. The highest BCUT2D eigenvalue weighted by atomic mass is 32.2. The van der Waals surface area contributed by atoms with Gasteiger partial charge < -0.3 is 10.1 Å². The number of anilines is 1. The van der Waals surface area contributed by atoms with Crippen molar-refractivity contribution in [3.05, 3.63) is 53.6 Å². The highest BCUT2D eigenvalue weighted by Crippen LogP contribution is 2.23. The lowest BCUT2D eigenvalue weighted by Gasteiger charge is -2.16. The number of amides is 1. The smallest absolute Gasteiger partial charge is 0.251 e. The van der Waals surface area contributed by atoms with Gasteiger partial charge in [-0.1, -0.05) is 6.07 Å². The molecular formula is C21H27N3O6S2. The van der Waals surface area contributed by atoms with E-state index in [2.05, 4.69) is 10.0 Å². The van der Waals surface area contributed by atoms with Crippen molar-refractivity contribution in [2.75, 3.05) is 37.2 Å². The summed E-state index contributed by atoms with van der Waals surface area (Å²) in [5.41, 5.74) is 1.22. The molecule has 1 amide bonds. The Kier molecular flexibility index (Phi) is 7.42. The first-order chi connectivity index (χ1) is 15.1. The van der Waals surface area contributed by atoms with Crippen LogP contribution in [0.15, 0.2) is 47.4 Å². The van der Waals surface area contributed by atoms with E-state index in [4.69, 9.17) is 4.74 Å². The van der Waals surface area contributed by atoms with Gasteiger partial charge in [0.25, 0.3) is 5.91 Å². The summed E-state index contributed by atoms with van der Waals surface area (Å²) in [6.07, 6.45) is 2.80. The third-order valence-corrected chi connectivity index (χ3v) is 7.56. The minimum atomic E-state index is -3.46. The molecule has 2 aromatic rings. The third-order valence-electron chi connectivity index (χ3n) is 5.06. The van der Waals surface area contributed by atoms with Crippen molar-refractivity contribution in [1.29, 1.82) is 0 Å². The van der Waals surface area contributed by atoms with Gasteiger partial charge in [-0.15, -0.1) is 0 Å². The van der Waals surface area contributed by atoms with E-state index >= 15 is 0 Å². The molecule has 1 heterocycles. The number of ether oxygens (including phenoxy) is 1. The monoisotopic (exact) mass is 481 g/mol. The van der Waals surface area contributed by atoms with E-state index in [-0.39, 0.29) is 24.0 Å². The molecule has 2 N–H and O–H groups in total. The van der Waals surface area contributed by atoms with Gasteiger partial charge >= 0.3 is 0 Å². The number of hydrogen-bond acceptors (Lipinski definition) is 6. The maximum atomic E-state index is 12.5. The minimum absolute atomic E-state index is 0.185. The Balaban J connectivity index is 1.52. The summed E-state index contributed by atoms with van der Waals surface area (Å²) in [6.45, 7) is 3.16. The molecule has 0 aromatic heterocycles. The van der Waals surface area contributed by atoms with Crippen molar-refractivity contribution in [2.24, 2.45) is 0 Å². The number of nitrogens with one attached hydrogen (secondary N) is 2. The molecule has 3 rings (SSSR count). The van der Waals surface area contributed by atoms with Crippen LogP contribution in [0.1, 0.15) is 28.8 Å². The molecule has 0 bridgehead atoms. The van der Waals surface area contributed by atoms with Crippen molar-refractivity contribution in [2.45, 2.75) is 24.7 Å². The molecule has 174 valence electrons. The molecule has 0 unspecified atom stereocenters. The van der Waals surface area contributed by atoms with E-state index in [1.807, 2.05) is 0 Å². The van der Waals surface area contributed by atoms with Gasteiger partial charge in [-0.3, -0.25) is 9.52 Å². The zero-order chi connectivity index (χ0) is 23.4. The molecule has 1 fully saturated rings. The highest BCUT2D eigenvalue weighted by Gasteiger charge is 2.26. The Morgan fingerprint density at radius 3 is 2.31 bits per heavy atom. The zero-order valence-corrected chi connectivity index (χ0v) is 19.6. The summed E-state index contributed by atoms with van der Waals surface area (Å²) in [7, 11) is -6.92. The third kappa shape index (κ3) is 5.99. The fourth-order valence-corrected chi connectivity index (χ4v) is 5.54. The molecule has 1 aliphatic rings. The summed E-state index contributed by atoms with van der Waals surface area (Å²) in [5, 5.41) is 2.73. The molecular weight excluding hydrogens is 454 g/mol. The largest absolute Gasteiger partial charge is 0.492 e. The predicted molar refractivity (Wildman–Crippen MR) is 122 cm³/mol. The maximum Gasteiger partial charge on any atom is 0.251 e. The average molecular weight is 482 g/mol. The van der Waals surface area contributed by atoms with Gasteiger partial charge in [0.05, 0.1) is 23.4 Å². The number of rotatable bonds is 9. The van der Waals surface area contributed by atoms with Gasteiger partial charge in [-0.25, -0.2) is 16.8 Å². The van der Waals surface area contributed by atoms with Gasteiger partial charge in [0.2, 0.25) is 20.0 Å². The first kappa shape index (κ1) is 24.0. The average Bonchev–Trinajstić information content (AvgIpc) is 3.28. The SMILES string of the molecule is Cc1c(NS(C)(=O)=O)cccc1C(=O)NCCOc1ccc(S(=O)(=O)N2CCCC2)cc1. The fraction of sp³-hybridized carbons (Fsp3) is 0.381. The van der Waals surface area contributed by atoms with Crippen LogP contribution in [-0.2, 0) is 20.0 Å². The second-order valence-electron chi connectivity index (χ2n) is 7.54. The van der Waals surface area contributed by atoms with E-state index in [9.17, 15) is 21.6 Å². The van der Waals surface area contributed by atoms with Crippen molar-refractivity contribution in [1.82, 2.24) is 9.62 Å². The van der Waals surface area contributed by atoms with Crippen LogP contribution in [0.4, 0.5) is 5.69 Å². The number of sulfonamides is 2. The summed E-state index contributed by atoms with van der Waals surface area (Å²) < 4.78 is 57.5. The highest BCUT2D eigenvalue weighted by molar-refractivity contribution is 7.92. The zero-order valence-electron chi connectivity index (χ0n) is 18.0. The van der Waals surface area contributed by atoms with E-state index in [1.165, 1.54) is 16.4 Å². The predicted octanol–water partition coefficient (Wildman–Crippen LogP) is 1.96. The molecule has 32 heavy (non-hydrogen) atoms. The molecule has 1 aliphatic heterocycles. The van der Waals surface area contributed by atoms with Crippen molar-refractivity contribution in [3.63, 3.8) is 0 Å². The molecule has 1 saturated heterocycles.